The summed E-state index contributed by atoms with van der Waals surface area (Å²) in [5.41, 5.74) is 3.13. The zero-order valence-electron chi connectivity index (χ0n) is 10.5. The highest BCUT2D eigenvalue weighted by Crippen LogP contribution is 2.36. The number of halogens is 1. The molecule has 0 saturated heterocycles. The fraction of sp³-hybridized carbons (Fsp3) is 0.333. The molecule has 0 radical (unpaired) electrons. The quantitative estimate of drug-likeness (QED) is 0.670. The standard InChI is InChI=1S/C12H15BrN2O3/c1-4-18-11-6-9(7-14-15-8(2)16)5-10(13)12(11)17-3/h5-7H,4H2,1-3H3,(H,15,16)/b14-7-. The SMILES string of the molecule is CCOc1cc(/C=N\NC(C)=O)cc(Br)c1OC. The van der Waals surface area contributed by atoms with Gasteiger partial charge in [-0.05, 0) is 40.5 Å². The van der Waals surface area contributed by atoms with E-state index in [1.807, 2.05) is 13.0 Å². The van der Waals surface area contributed by atoms with Crippen molar-refractivity contribution in [3.8, 4) is 11.5 Å². The van der Waals surface area contributed by atoms with Crippen molar-refractivity contribution in [1.82, 2.24) is 5.43 Å². The number of nitrogens with one attached hydrogen (secondary N) is 1. The summed E-state index contributed by atoms with van der Waals surface area (Å²) in [4.78, 5) is 10.7. The minimum absolute atomic E-state index is 0.219. The lowest BCUT2D eigenvalue weighted by Crippen LogP contribution is -2.12. The number of carbonyl (C=O) groups excluding carboxylic acids is 1. The van der Waals surface area contributed by atoms with Gasteiger partial charge in [0.2, 0.25) is 5.91 Å². The third-order valence-corrected chi connectivity index (χ3v) is 2.56. The van der Waals surface area contributed by atoms with E-state index in [0.717, 1.165) is 10.0 Å². The fourth-order valence-electron chi connectivity index (χ4n) is 1.32. The molecule has 6 heteroatoms. The van der Waals surface area contributed by atoms with Crippen LogP contribution in [0.3, 0.4) is 0 Å². The van der Waals surface area contributed by atoms with Crippen LogP contribution in [0.5, 0.6) is 11.5 Å². The average molecular weight is 315 g/mol. The van der Waals surface area contributed by atoms with Crippen molar-refractivity contribution in [1.29, 1.82) is 0 Å². The Morgan fingerprint density at radius 2 is 2.28 bits per heavy atom. The molecule has 0 aromatic heterocycles. The number of ether oxygens (including phenoxy) is 2. The highest BCUT2D eigenvalue weighted by Gasteiger charge is 2.10. The van der Waals surface area contributed by atoms with Crippen LogP contribution in [-0.2, 0) is 4.79 Å². The van der Waals surface area contributed by atoms with E-state index in [1.165, 1.54) is 13.1 Å². The summed E-state index contributed by atoms with van der Waals surface area (Å²) >= 11 is 3.39. The van der Waals surface area contributed by atoms with Gasteiger partial charge in [0.15, 0.2) is 11.5 Å². The number of methoxy groups -OCH3 is 1. The number of hydrazone groups is 1. The molecule has 0 fully saturated rings. The van der Waals surface area contributed by atoms with Gasteiger partial charge in [-0.25, -0.2) is 5.43 Å². The Balaban J connectivity index is 3.00. The van der Waals surface area contributed by atoms with Gasteiger partial charge in [0, 0.05) is 6.92 Å². The number of hydrogen-bond donors (Lipinski definition) is 1. The highest BCUT2D eigenvalue weighted by molar-refractivity contribution is 9.10. The molecule has 98 valence electrons. The van der Waals surface area contributed by atoms with Gasteiger partial charge in [-0.3, -0.25) is 4.79 Å². The van der Waals surface area contributed by atoms with Crippen LogP contribution in [0, 0.1) is 0 Å². The van der Waals surface area contributed by atoms with Crippen molar-refractivity contribution in [2.24, 2.45) is 5.10 Å². The highest BCUT2D eigenvalue weighted by atomic mass is 79.9. The molecule has 0 aliphatic carbocycles. The second-order valence-electron chi connectivity index (χ2n) is 3.39. The lowest BCUT2D eigenvalue weighted by Gasteiger charge is -2.11. The van der Waals surface area contributed by atoms with Crippen molar-refractivity contribution < 1.29 is 14.3 Å². The molecule has 1 amide bonds. The molecule has 0 spiro atoms. The topological polar surface area (TPSA) is 59.9 Å². The van der Waals surface area contributed by atoms with Crippen LogP contribution in [0.1, 0.15) is 19.4 Å². The summed E-state index contributed by atoms with van der Waals surface area (Å²) in [5.74, 6) is 1.04. The summed E-state index contributed by atoms with van der Waals surface area (Å²) < 4.78 is 11.5. The predicted molar refractivity (Wildman–Crippen MR) is 73.3 cm³/mol. The van der Waals surface area contributed by atoms with E-state index in [-0.39, 0.29) is 5.91 Å². The zero-order valence-corrected chi connectivity index (χ0v) is 12.1. The van der Waals surface area contributed by atoms with E-state index < -0.39 is 0 Å². The Kier molecular flexibility index (Phi) is 5.64. The van der Waals surface area contributed by atoms with Crippen LogP contribution in [0.15, 0.2) is 21.7 Å². The molecule has 0 bridgehead atoms. The van der Waals surface area contributed by atoms with Gasteiger partial charge in [-0.1, -0.05) is 0 Å². The minimum atomic E-state index is -0.219. The van der Waals surface area contributed by atoms with Gasteiger partial charge in [0.1, 0.15) is 0 Å². The summed E-state index contributed by atoms with van der Waals surface area (Å²) in [6.45, 7) is 3.83. The Bertz CT molecular complexity index is 461. The minimum Gasteiger partial charge on any atom is -0.492 e. The molecule has 1 aromatic rings. The number of nitrogens with zero attached hydrogens (tertiary/aromatic N) is 1. The van der Waals surface area contributed by atoms with Crippen molar-refractivity contribution in [3.05, 3.63) is 22.2 Å². The molecule has 1 aromatic carbocycles. The second kappa shape index (κ2) is 7.00. The number of rotatable bonds is 5. The van der Waals surface area contributed by atoms with Crippen molar-refractivity contribution in [3.63, 3.8) is 0 Å². The van der Waals surface area contributed by atoms with Gasteiger partial charge in [-0.15, -0.1) is 0 Å². The lowest BCUT2D eigenvalue weighted by atomic mass is 10.2. The smallest absolute Gasteiger partial charge is 0.236 e. The summed E-state index contributed by atoms with van der Waals surface area (Å²) in [5, 5.41) is 3.80. The molecule has 5 nitrogen and oxygen atoms in total. The zero-order chi connectivity index (χ0) is 13.5. The largest absolute Gasteiger partial charge is 0.492 e. The third-order valence-electron chi connectivity index (χ3n) is 1.97. The first-order chi connectivity index (χ1) is 8.58. The monoisotopic (exact) mass is 314 g/mol. The maximum Gasteiger partial charge on any atom is 0.236 e. The molecule has 0 heterocycles. The van der Waals surface area contributed by atoms with Crippen molar-refractivity contribution >= 4 is 28.1 Å². The van der Waals surface area contributed by atoms with Gasteiger partial charge in [0.25, 0.3) is 0 Å². The number of hydrogen-bond acceptors (Lipinski definition) is 4. The Labute approximate surface area is 114 Å². The summed E-state index contributed by atoms with van der Waals surface area (Å²) in [6.07, 6.45) is 1.54. The molecular formula is C12H15BrN2O3. The number of amides is 1. The molecule has 1 rings (SSSR count). The molecule has 0 saturated carbocycles. The van der Waals surface area contributed by atoms with E-state index >= 15 is 0 Å². The molecule has 0 unspecified atom stereocenters. The average Bonchev–Trinajstić information content (AvgIpc) is 2.28. The third kappa shape index (κ3) is 4.03. The van der Waals surface area contributed by atoms with Crippen LogP contribution in [-0.4, -0.2) is 25.8 Å². The van der Waals surface area contributed by atoms with E-state index in [0.29, 0.717) is 18.1 Å². The molecular weight excluding hydrogens is 300 g/mol. The van der Waals surface area contributed by atoms with Crippen LogP contribution in [0.4, 0.5) is 0 Å². The van der Waals surface area contributed by atoms with E-state index in [1.54, 1.807) is 13.2 Å². The molecule has 0 atom stereocenters. The number of benzene rings is 1. The van der Waals surface area contributed by atoms with E-state index in [9.17, 15) is 4.79 Å². The van der Waals surface area contributed by atoms with Crippen LogP contribution in [0.2, 0.25) is 0 Å². The first-order valence-electron chi connectivity index (χ1n) is 5.38. The van der Waals surface area contributed by atoms with Crippen molar-refractivity contribution in [2.75, 3.05) is 13.7 Å². The maximum absolute atomic E-state index is 10.7. The van der Waals surface area contributed by atoms with Gasteiger partial charge in [-0.2, -0.15) is 5.10 Å². The van der Waals surface area contributed by atoms with E-state index in [4.69, 9.17) is 9.47 Å². The molecule has 0 aliphatic rings. The number of carbonyl (C=O) groups is 1. The van der Waals surface area contributed by atoms with E-state index in [2.05, 4.69) is 26.5 Å². The Morgan fingerprint density at radius 3 is 2.83 bits per heavy atom. The fourth-order valence-corrected chi connectivity index (χ4v) is 1.94. The van der Waals surface area contributed by atoms with Crippen LogP contribution >= 0.6 is 15.9 Å². The predicted octanol–water partition coefficient (Wildman–Crippen LogP) is 2.33. The first kappa shape index (κ1) is 14.5. The van der Waals surface area contributed by atoms with Gasteiger partial charge >= 0.3 is 0 Å². The van der Waals surface area contributed by atoms with Crippen LogP contribution < -0.4 is 14.9 Å². The summed E-state index contributed by atoms with van der Waals surface area (Å²) in [7, 11) is 1.58. The second-order valence-corrected chi connectivity index (χ2v) is 4.25. The van der Waals surface area contributed by atoms with Crippen LogP contribution in [0.25, 0.3) is 0 Å². The van der Waals surface area contributed by atoms with Crippen molar-refractivity contribution in [2.45, 2.75) is 13.8 Å². The van der Waals surface area contributed by atoms with Gasteiger partial charge < -0.3 is 9.47 Å². The molecule has 0 aliphatic heterocycles. The molecule has 1 N–H and O–H groups in total. The first-order valence-corrected chi connectivity index (χ1v) is 6.17. The molecule has 18 heavy (non-hydrogen) atoms. The normalized spacial score (nSPS) is 10.4. The van der Waals surface area contributed by atoms with Gasteiger partial charge in [0.05, 0.1) is 24.4 Å². The Morgan fingerprint density at radius 1 is 1.56 bits per heavy atom. The lowest BCUT2D eigenvalue weighted by molar-refractivity contribution is -0.118. The maximum atomic E-state index is 10.7. The Hall–Kier alpha value is -1.56. The summed E-state index contributed by atoms with van der Waals surface area (Å²) in [6, 6.07) is 3.62.